The van der Waals surface area contributed by atoms with Crippen LogP contribution in [-0.2, 0) is 0 Å². The number of hydrogen-bond acceptors (Lipinski definition) is 3. The molecule has 18 heavy (non-hydrogen) atoms. The molecule has 3 rings (SSSR count). The third-order valence-electron chi connectivity index (χ3n) is 4.15. The predicted octanol–water partition coefficient (Wildman–Crippen LogP) is 3.52. The molecule has 1 unspecified atom stereocenters. The monoisotopic (exact) mass is 244 g/mol. The normalized spacial score (nSPS) is 19.2. The lowest BCUT2D eigenvalue weighted by Crippen LogP contribution is -2.34. The quantitative estimate of drug-likeness (QED) is 0.641. The van der Waals surface area contributed by atoms with Crippen molar-refractivity contribution in [2.45, 2.75) is 38.1 Å². The van der Waals surface area contributed by atoms with Crippen LogP contribution < -0.4 is 11.3 Å². The van der Waals surface area contributed by atoms with E-state index in [2.05, 4.69) is 17.6 Å². The molecule has 1 aromatic carbocycles. The van der Waals surface area contributed by atoms with E-state index in [0.717, 1.165) is 5.58 Å². The molecule has 1 saturated carbocycles. The van der Waals surface area contributed by atoms with Gasteiger partial charge in [-0.15, -0.1) is 0 Å². The molecular weight excluding hydrogens is 224 g/mol. The molecule has 1 atom stereocenters. The van der Waals surface area contributed by atoms with Gasteiger partial charge in [-0.05, 0) is 24.8 Å². The van der Waals surface area contributed by atoms with E-state index >= 15 is 0 Å². The number of fused-ring (bicyclic) bond motifs is 1. The molecule has 0 radical (unpaired) electrons. The van der Waals surface area contributed by atoms with E-state index in [-0.39, 0.29) is 6.04 Å². The minimum absolute atomic E-state index is 0.217. The lowest BCUT2D eigenvalue weighted by atomic mass is 9.81. The van der Waals surface area contributed by atoms with E-state index in [1.165, 1.54) is 43.1 Å². The molecule has 1 aliphatic carbocycles. The van der Waals surface area contributed by atoms with E-state index < -0.39 is 0 Å². The third-order valence-corrected chi connectivity index (χ3v) is 4.15. The summed E-state index contributed by atoms with van der Waals surface area (Å²) in [5.74, 6) is 6.42. The highest BCUT2D eigenvalue weighted by Gasteiger charge is 2.26. The van der Waals surface area contributed by atoms with Crippen LogP contribution in [0.1, 0.15) is 43.7 Å². The number of furan rings is 1. The Morgan fingerprint density at radius 1 is 1.17 bits per heavy atom. The van der Waals surface area contributed by atoms with Gasteiger partial charge in [0, 0.05) is 10.9 Å². The van der Waals surface area contributed by atoms with Gasteiger partial charge in [-0.3, -0.25) is 11.3 Å². The van der Waals surface area contributed by atoms with Crippen molar-refractivity contribution in [3.8, 4) is 0 Å². The highest BCUT2D eigenvalue weighted by molar-refractivity contribution is 5.81. The van der Waals surface area contributed by atoms with E-state index in [1.807, 2.05) is 18.4 Å². The van der Waals surface area contributed by atoms with Crippen LogP contribution in [0.3, 0.4) is 0 Å². The Labute approximate surface area is 107 Å². The Morgan fingerprint density at radius 2 is 1.94 bits per heavy atom. The summed E-state index contributed by atoms with van der Waals surface area (Å²) in [6.45, 7) is 0. The van der Waals surface area contributed by atoms with Crippen LogP contribution in [0.4, 0.5) is 0 Å². The fourth-order valence-corrected chi connectivity index (χ4v) is 3.19. The first-order chi connectivity index (χ1) is 8.90. The molecule has 1 aliphatic rings. The van der Waals surface area contributed by atoms with Gasteiger partial charge >= 0.3 is 0 Å². The molecule has 0 saturated heterocycles. The summed E-state index contributed by atoms with van der Waals surface area (Å²) in [7, 11) is 0. The highest BCUT2D eigenvalue weighted by atomic mass is 16.3. The molecule has 3 heteroatoms. The minimum Gasteiger partial charge on any atom is -0.464 e. The Kier molecular flexibility index (Phi) is 3.35. The first-order valence-electron chi connectivity index (χ1n) is 6.82. The Morgan fingerprint density at radius 3 is 2.72 bits per heavy atom. The molecule has 0 aliphatic heterocycles. The van der Waals surface area contributed by atoms with Gasteiger partial charge in [-0.1, -0.05) is 37.5 Å². The molecule has 2 aromatic rings. The van der Waals surface area contributed by atoms with Gasteiger partial charge in [-0.25, -0.2) is 0 Å². The maximum absolute atomic E-state index is 5.79. The summed E-state index contributed by atoms with van der Waals surface area (Å²) in [6, 6.07) is 8.39. The summed E-state index contributed by atoms with van der Waals surface area (Å²) >= 11 is 0. The van der Waals surface area contributed by atoms with Crippen LogP contribution in [0.5, 0.6) is 0 Å². The van der Waals surface area contributed by atoms with Gasteiger partial charge in [0.1, 0.15) is 5.58 Å². The molecule has 1 heterocycles. The number of benzene rings is 1. The largest absolute Gasteiger partial charge is 0.464 e. The smallest absolute Gasteiger partial charge is 0.134 e. The molecular formula is C15H20N2O. The van der Waals surface area contributed by atoms with Gasteiger partial charge in [0.2, 0.25) is 0 Å². The molecule has 0 spiro atoms. The van der Waals surface area contributed by atoms with Crippen molar-refractivity contribution in [1.82, 2.24) is 5.43 Å². The first-order valence-corrected chi connectivity index (χ1v) is 6.82. The fourth-order valence-electron chi connectivity index (χ4n) is 3.19. The summed E-state index contributed by atoms with van der Waals surface area (Å²) in [5, 5.41) is 1.19. The standard InChI is InChI=1S/C15H20N2O/c16-17-15(11-6-2-1-3-7-11)13-10-18-14-9-5-4-8-12(13)14/h4-5,8-11,15,17H,1-3,6-7,16H2. The zero-order valence-electron chi connectivity index (χ0n) is 10.6. The van der Waals surface area contributed by atoms with Crippen LogP contribution in [0, 0.1) is 5.92 Å². The number of hydrazine groups is 1. The number of nitrogens with two attached hydrogens (primary N) is 1. The molecule has 0 bridgehead atoms. The molecule has 96 valence electrons. The topological polar surface area (TPSA) is 51.2 Å². The lowest BCUT2D eigenvalue weighted by Gasteiger charge is -2.29. The van der Waals surface area contributed by atoms with Crippen LogP contribution in [0.2, 0.25) is 0 Å². The Balaban J connectivity index is 1.95. The van der Waals surface area contributed by atoms with Crippen molar-refractivity contribution in [1.29, 1.82) is 0 Å². The first kappa shape index (κ1) is 11.8. The van der Waals surface area contributed by atoms with Gasteiger partial charge in [0.25, 0.3) is 0 Å². The maximum Gasteiger partial charge on any atom is 0.134 e. The second-order valence-corrected chi connectivity index (χ2v) is 5.23. The number of rotatable bonds is 3. The Hall–Kier alpha value is -1.32. The Bertz CT molecular complexity index is 514. The van der Waals surface area contributed by atoms with E-state index in [4.69, 9.17) is 10.3 Å². The van der Waals surface area contributed by atoms with Crippen molar-refractivity contribution in [2.75, 3.05) is 0 Å². The van der Waals surface area contributed by atoms with Crippen molar-refractivity contribution in [3.63, 3.8) is 0 Å². The summed E-state index contributed by atoms with van der Waals surface area (Å²) in [5.41, 5.74) is 5.16. The SMILES string of the molecule is NNC(c1coc2ccccc12)C1CCCCC1. The predicted molar refractivity (Wildman–Crippen MR) is 72.9 cm³/mol. The number of para-hydroxylation sites is 1. The second-order valence-electron chi connectivity index (χ2n) is 5.23. The number of nitrogens with one attached hydrogen (secondary N) is 1. The van der Waals surface area contributed by atoms with Crippen molar-refractivity contribution in [2.24, 2.45) is 11.8 Å². The van der Waals surface area contributed by atoms with Crippen molar-refractivity contribution < 1.29 is 4.42 Å². The second kappa shape index (κ2) is 5.12. The van der Waals surface area contributed by atoms with E-state index in [9.17, 15) is 0 Å². The van der Waals surface area contributed by atoms with E-state index in [1.54, 1.807) is 0 Å². The molecule has 1 fully saturated rings. The van der Waals surface area contributed by atoms with Crippen LogP contribution in [0.25, 0.3) is 11.0 Å². The third kappa shape index (κ3) is 2.04. The molecule has 3 nitrogen and oxygen atoms in total. The van der Waals surface area contributed by atoms with Gasteiger partial charge in [-0.2, -0.15) is 0 Å². The van der Waals surface area contributed by atoms with Crippen molar-refractivity contribution in [3.05, 3.63) is 36.1 Å². The molecule has 1 aromatic heterocycles. The summed E-state index contributed by atoms with van der Waals surface area (Å²) in [6.07, 6.45) is 8.38. The van der Waals surface area contributed by atoms with Crippen LogP contribution >= 0.6 is 0 Å². The number of hydrogen-bond donors (Lipinski definition) is 2. The molecule has 3 N–H and O–H groups in total. The minimum atomic E-state index is 0.217. The fraction of sp³-hybridized carbons (Fsp3) is 0.467. The van der Waals surface area contributed by atoms with Crippen molar-refractivity contribution >= 4 is 11.0 Å². The van der Waals surface area contributed by atoms with Gasteiger partial charge < -0.3 is 4.42 Å². The van der Waals surface area contributed by atoms with Crippen LogP contribution in [-0.4, -0.2) is 0 Å². The van der Waals surface area contributed by atoms with Crippen LogP contribution in [0.15, 0.2) is 34.9 Å². The highest BCUT2D eigenvalue weighted by Crippen LogP contribution is 2.37. The summed E-state index contributed by atoms with van der Waals surface area (Å²) < 4.78 is 5.63. The van der Waals surface area contributed by atoms with Gasteiger partial charge in [0.05, 0.1) is 12.3 Å². The zero-order valence-corrected chi connectivity index (χ0v) is 10.6. The lowest BCUT2D eigenvalue weighted by molar-refractivity contribution is 0.273. The average molecular weight is 244 g/mol. The maximum atomic E-state index is 5.79. The van der Waals surface area contributed by atoms with E-state index in [0.29, 0.717) is 5.92 Å². The average Bonchev–Trinajstić information content (AvgIpc) is 2.85. The summed E-state index contributed by atoms with van der Waals surface area (Å²) in [4.78, 5) is 0. The van der Waals surface area contributed by atoms with Gasteiger partial charge in [0.15, 0.2) is 0 Å². The zero-order chi connectivity index (χ0) is 12.4. The molecule has 0 amide bonds.